The van der Waals surface area contributed by atoms with E-state index in [9.17, 15) is 0 Å². The van der Waals surface area contributed by atoms with E-state index in [1.165, 1.54) is 5.56 Å². The van der Waals surface area contributed by atoms with Crippen molar-refractivity contribution in [3.63, 3.8) is 0 Å². The summed E-state index contributed by atoms with van der Waals surface area (Å²) >= 11 is 3.47. The van der Waals surface area contributed by atoms with Crippen LogP contribution in [0.4, 0.5) is 5.69 Å². The Morgan fingerprint density at radius 2 is 1.70 bits per heavy atom. The maximum absolute atomic E-state index is 5.39. The molecule has 1 N–H and O–H groups in total. The molecule has 0 saturated carbocycles. The Morgan fingerprint density at radius 3 is 2.40 bits per heavy atom. The predicted molar refractivity (Wildman–Crippen MR) is 85.8 cm³/mol. The van der Waals surface area contributed by atoms with Gasteiger partial charge in [-0.25, -0.2) is 0 Å². The molecule has 0 unspecified atom stereocenters. The molecule has 0 atom stereocenters. The Balaban J connectivity index is 2.20. The van der Waals surface area contributed by atoms with E-state index in [0.29, 0.717) is 6.54 Å². The van der Waals surface area contributed by atoms with Crippen molar-refractivity contribution >= 4 is 21.6 Å². The normalized spacial score (nSPS) is 10.2. The third kappa shape index (κ3) is 3.45. The van der Waals surface area contributed by atoms with Gasteiger partial charge < -0.3 is 14.8 Å². The molecule has 2 aromatic carbocycles. The van der Waals surface area contributed by atoms with Gasteiger partial charge in [0, 0.05) is 16.6 Å². The van der Waals surface area contributed by atoms with Crippen molar-refractivity contribution in [1.82, 2.24) is 0 Å². The van der Waals surface area contributed by atoms with Crippen molar-refractivity contribution < 1.29 is 9.47 Å². The van der Waals surface area contributed by atoms with E-state index < -0.39 is 0 Å². The summed E-state index contributed by atoms with van der Waals surface area (Å²) in [6.45, 7) is 2.75. The molecular formula is C16H18BrNO2. The van der Waals surface area contributed by atoms with Gasteiger partial charge in [0.05, 0.1) is 19.9 Å². The minimum atomic E-state index is 0.678. The summed E-state index contributed by atoms with van der Waals surface area (Å²) in [5, 5.41) is 3.39. The van der Waals surface area contributed by atoms with Gasteiger partial charge in [0.15, 0.2) is 0 Å². The monoisotopic (exact) mass is 335 g/mol. The quantitative estimate of drug-likeness (QED) is 0.879. The fourth-order valence-electron chi connectivity index (χ4n) is 2.05. The molecule has 0 heterocycles. The predicted octanol–water partition coefficient (Wildman–Crippen LogP) is 4.39. The number of hydrogen-bond donors (Lipinski definition) is 1. The van der Waals surface area contributed by atoms with Crippen LogP contribution in [0.2, 0.25) is 0 Å². The largest absolute Gasteiger partial charge is 0.496 e. The van der Waals surface area contributed by atoms with E-state index in [1.807, 2.05) is 30.3 Å². The summed E-state index contributed by atoms with van der Waals surface area (Å²) in [7, 11) is 3.36. The molecule has 0 saturated heterocycles. The summed E-state index contributed by atoms with van der Waals surface area (Å²) in [4.78, 5) is 0. The van der Waals surface area contributed by atoms with Gasteiger partial charge in [-0.3, -0.25) is 0 Å². The number of halogens is 1. The molecule has 0 spiro atoms. The van der Waals surface area contributed by atoms with Crippen LogP contribution in [0.5, 0.6) is 11.5 Å². The van der Waals surface area contributed by atoms with Crippen molar-refractivity contribution in [3.05, 3.63) is 52.0 Å². The lowest BCUT2D eigenvalue weighted by Gasteiger charge is -2.14. The van der Waals surface area contributed by atoms with Crippen LogP contribution in [0, 0.1) is 6.92 Å². The van der Waals surface area contributed by atoms with Crippen molar-refractivity contribution in [2.24, 2.45) is 0 Å². The van der Waals surface area contributed by atoms with E-state index in [1.54, 1.807) is 14.2 Å². The summed E-state index contributed by atoms with van der Waals surface area (Å²) in [5.74, 6) is 1.71. The van der Waals surface area contributed by atoms with Crippen molar-refractivity contribution in [3.8, 4) is 11.5 Å². The molecule has 0 bridgehead atoms. The molecule has 3 nitrogen and oxygen atoms in total. The molecule has 2 aromatic rings. The van der Waals surface area contributed by atoms with Gasteiger partial charge in [-0.2, -0.15) is 0 Å². The van der Waals surface area contributed by atoms with Crippen LogP contribution in [0.25, 0.3) is 0 Å². The van der Waals surface area contributed by atoms with Crippen LogP contribution in [0.15, 0.2) is 40.9 Å². The number of anilines is 1. The van der Waals surface area contributed by atoms with Gasteiger partial charge in [-0.1, -0.05) is 33.6 Å². The van der Waals surface area contributed by atoms with Crippen LogP contribution in [0.3, 0.4) is 0 Å². The maximum atomic E-state index is 5.39. The van der Waals surface area contributed by atoms with Crippen LogP contribution < -0.4 is 14.8 Å². The van der Waals surface area contributed by atoms with Gasteiger partial charge in [0.1, 0.15) is 11.5 Å². The molecule has 20 heavy (non-hydrogen) atoms. The number of nitrogens with one attached hydrogen (secondary N) is 1. The molecular weight excluding hydrogens is 318 g/mol. The molecule has 0 radical (unpaired) electrons. The molecule has 0 aliphatic carbocycles. The average Bonchev–Trinajstić information content (AvgIpc) is 2.45. The first-order valence-electron chi connectivity index (χ1n) is 6.35. The third-order valence-electron chi connectivity index (χ3n) is 3.07. The first-order valence-corrected chi connectivity index (χ1v) is 7.14. The lowest BCUT2D eigenvalue weighted by molar-refractivity contribution is 0.409. The van der Waals surface area contributed by atoms with E-state index >= 15 is 0 Å². The first-order chi connectivity index (χ1) is 9.63. The minimum Gasteiger partial charge on any atom is -0.496 e. The summed E-state index contributed by atoms with van der Waals surface area (Å²) in [6.07, 6.45) is 0. The lowest BCUT2D eigenvalue weighted by atomic mass is 10.1. The molecule has 0 amide bonds. The standard InChI is InChI=1S/C16H18BrNO2/c1-11-4-6-15(19-2)12(8-11)10-18-14-9-13(17)5-7-16(14)20-3/h4-9,18H,10H2,1-3H3. The molecule has 0 aromatic heterocycles. The minimum absolute atomic E-state index is 0.678. The molecule has 106 valence electrons. The number of hydrogen-bond acceptors (Lipinski definition) is 3. The number of benzene rings is 2. The van der Waals surface area contributed by atoms with Crippen LogP contribution in [-0.2, 0) is 6.54 Å². The Morgan fingerprint density at radius 1 is 1.00 bits per heavy atom. The van der Waals surface area contributed by atoms with Crippen LogP contribution >= 0.6 is 15.9 Å². The highest BCUT2D eigenvalue weighted by atomic mass is 79.9. The topological polar surface area (TPSA) is 30.5 Å². The zero-order valence-corrected chi connectivity index (χ0v) is 13.5. The van der Waals surface area contributed by atoms with E-state index in [0.717, 1.165) is 27.2 Å². The van der Waals surface area contributed by atoms with Gasteiger partial charge in [0.25, 0.3) is 0 Å². The lowest BCUT2D eigenvalue weighted by Crippen LogP contribution is -2.03. The van der Waals surface area contributed by atoms with Crippen molar-refractivity contribution in [2.75, 3.05) is 19.5 Å². The Labute approximate surface area is 128 Å². The molecule has 0 aliphatic rings. The molecule has 4 heteroatoms. The smallest absolute Gasteiger partial charge is 0.142 e. The first kappa shape index (κ1) is 14.7. The second-order valence-corrected chi connectivity index (χ2v) is 5.43. The van der Waals surface area contributed by atoms with E-state index in [4.69, 9.17) is 9.47 Å². The summed E-state index contributed by atoms with van der Waals surface area (Å²) < 4.78 is 11.8. The number of rotatable bonds is 5. The SMILES string of the molecule is COc1ccc(C)cc1CNc1cc(Br)ccc1OC. The van der Waals surface area contributed by atoms with Gasteiger partial charge in [0.2, 0.25) is 0 Å². The third-order valence-corrected chi connectivity index (χ3v) is 3.56. The summed E-state index contributed by atoms with van der Waals surface area (Å²) in [5.41, 5.74) is 3.28. The summed E-state index contributed by atoms with van der Waals surface area (Å²) in [6, 6.07) is 12.0. The highest BCUT2D eigenvalue weighted by Crippen LogP contribution is 2.29. The second kappa shape index (κ2) is 6.66. The number of aryl methyl sites for hydroxylation is 1. The van der Waals surface area contributed by atoms with Gasteiger partial charge in [-0.15, -0.1) is 0 Å². The molecule has 0 fully saturated rings. The van der Waals surface area contributed by atoms with Gasteiger partial charge in [-0.05, 0) is 31.2 Å². The fourth-order valence-corrected chi connectivity index (χ4v) is 2.42. The number of ether oxygens (including phenoxy) is 2. The Kier molecular flexibility index (Phi) is 4.90. The Bertz CT molecular complexity index is 546. The fraction of sp³-hybridized carbons (Fsp3) is 0.250. The Hall–Kier alpha value is -1.68. The zero-order chi connectivity index (χ0) is 14.5. The maximum Gasteiger partial charge on any atom is 0.142 e. The van der Waals surface area contributed by atoms with Crippen molar-refractivity contribution in [1.29, 1.82) is 0 Å². The van der Waals surface area contributed by atoms with Crippen LogP contribution in [-0.4, -0.2) is 14.2 Å². The van der Waals surface area contributed by atoms with E-state index in [2.05, 4.69) is 34.2 Å². The van der Waals surface area contributed by atoms with Crippen LogP contribution in [0.1, 0.15) is 11.1 Å². The molecule has 0 aliphatic heterocycles. The van der Waals surface area contributed by atoms with Gasteiger partial charge >= 0.3 is 0 Å². The average molecular weight is 336 g/mol. The zero-order valence-electron chi connectivity index (χ0n) is 11.9. The second-order valence-electron chi connectivity index (χ2n) is 4.51. The van der Waals surface area contributed by atoms with E-state index in [-0.39, 0.29) is 0 Å². The molecule has 2 rings (SSSR count). The highest BCUT2D eigenvalue weighted by molar-refractivity contribution is 9.10. The van der Waals surface area contributed by atoms with Crippen molar-refractivity contribution in [2.45, 2.75) is 13.5 Å². The highest BCUT2D eigenvalue weighted by Gasteiger charge is 2.06. The number of methoxy groups -OCH3 is 2.